The molecule has 104 valence electrons. The number of hydrogen-bond donors (Lipinski definition) is 0. The summed E-state index contributed by atoms with van der Waals surface area (Å²) in [6.07, 6.45) is 0.298. The molecule has 1 aromatic carbocycles. The van der Waals surface area contributed by atoms with Crippen LogP contribution < -0.4 is 0 Å². The molecular weight excluding hydrogens is 312 g/mol. The van der Waals surface area contributed by atoms with Gasteiger partial charge in [0.2, 0.25) is 0 Å². The summed E-state index contributed by atoms with van der Waals surface area (Å²) in [5, 5.41) is 0. The minimum atomic E-state index is -0.306. The largest absolute Gasteiger partial charge is 0.466 e. The lowest BCUT2D eigenvalue weighted by Gasteiger charge is -2.11. The van der Waals surface area contributed by atoms with E-state index in [0.29, 0.717) is 13.2 Å². The second-order valence-electron chi connectivity index (χ2n) is 3.84. The summed E-state index contributed by atoms with van der Waals surface area (Å²) in [5.41, 5.74) is 1.55. The van der Waals surface area contributed by atoms with Crippen molar-refractivity contribution in [3.8, 4) is 0 Å². The van der Waals surface area contributed by atoms with Gasteiger partial charge in [0.05, 0.1) is 26.1 Å². The minimum Gasteiger partial charge on any atom is -0.466 e. The highest BCUT2D eigenvalue weighted by Crippen LogP contribution is 2.22. The fraction of sp³-hybridized carbons (Fsp3) is 0.429. The van der Waals surface area contributed by atoms with Gasteiger partial charge in [0.15, 0.2) is 0 Å². The van der Waals surface area contributed by atoms with Gasteiger partial charge in [-0.15, -0.1) is 0 Å². The molecule has 0 aromatic heterocycles. The molecule has 0 aliphatic heterocycles. The predicted molar refractivity (Wildman–Crippen MR) is 74.8 cm³/mol. The van der Waals surface area contributed by atoms with Crippen molar-refractivity contribution in [3.63, 3.8) is 0 Å². The SMILES string of the molecule is CCOC(=O)Cc1cccc(Br)c1CC(=O)OCC. The van der Waals surface area contributed by atoms with Crippen molar-refractivity contribution >= 4 is 27.9 Å². The molecule has 0 unspecified atom stereocenters. The van der Waals surface area contributed by atoms with Crippen LogP contribution >= 0.6 is 15.9 Å². The number of ether oxygens (including phenoxy) is 2. The number of carbonyl (C=O) groups excluding carboxylic acids is 2. The van der Waals surface area contributed by atoms with E-state index < -0.39 is 0 Å². The van der Waals surface area contributed by atoms with E-state index in [0.717, 1.165) is 15.6 Å². The van der Waals surface area contributed by atoms with Gasteiger partial charge in [0, 0.05) is 4.47 Å². The number of carbonyl (C=O) groups is 2. The van der Waals surface area contributed by atoms with Gasteiger partial charge < -0.3 is 9.47 Å². The number of esters is 2. The van der Waals surface area contributed by atoms with Crippen molar-refractivity contribution < 1.29 is 19.1 Å². The molecule has 0 N–H and O–H groups in total. The second kappa shape index (κ2) is 7.94. The van der Waals surface area contributed by atoms with Crippen molar-refractivity contribution in [1.82, 2.24) is 0 Å². The van der Waals surface area contributed by atoms with Crippen LogP contribution in [0.4, 0.5) is 0 Å². The summed E-state index contributed by atoms with van der Waals surface area (Å²) in [6, 6.07) is 5.48. The van der Waals surface area contributed by atoms with Gasteiger partial charge in [0.25, 0.3) is 0 Å². The normalized spacial score (nSPS) is 10.1. The Bertz CT molecular complexity index is 457. The Morgan fingerprint density at radius 3 is 2.21 bits per heavy atom. The molecule has 5 heteroatoms. The Morgan fingerprint density at radius 1 is 1.05 bits per heavy atom. The van der Waals surface area contributed by atoms with Crippen LogP contribution in [0.15, 0.2) is 22.7 Å². The molecule has 1 aromatic rings. The van der Waals surface area contributed by atoms with E-state index in [1.165, 1.54) is 0 Å². The summed E-state index contributed by atoms with van der Waals surface area (Å²) < 4.78 is 10.6. The second-order valence-corrected chi connectivity index (χ2v) is 4.70. The molecule has 0 saturated heterocycles. The maximum Gasteiger partial charge on any atom is 0.310 e. The molecular formula is C14H17BrO4. The monoisotopic (exact) mass is 328 g/mol. The first-order valence-electron chi connectivity index (χ1n) is 6.16. The fourth-order valence-corrected chi connectivity index (χ4v) is 2.24. The van der Waals surface area contributed by atoms with Crippen LogP contribution in [-0.2, 0) is 31.9 Å². The van der Waals surface area contributed by atoms with Crippen molar-refractivity contribution in [1.29, 1.82) is 0 Å². The van der Waals surface area contributed by atoms with Crippen LogP contribution in [0.2, 0.25) is 0 Å². The van der Waals surface area contributed by atoms with Crippen molar-refractivity contribution in [2.24, 2.45) is 0 Å². The van der Waals surface area contributed by atoms with Gasteiger partial charge in [-0.1, -0.05) is 28.1 Å². The number of rotatable bonds is 6. The van der Waals surface area contributed by atoms with Gasteiger partial charge in [0.1, 0.15) is 0 Å². The van der Waals surface area contributed by atoms with Crippen LogP contribution in [-0.4, -0.2) is 25.2 Å². The summed E-state index contributed by atoms with van der Waals surface area (Å²) in [5.74, 6) is -0.606. The number of hydrogen-bond acceptors (Lipinski definition) is 4. The van der Waals surface area contributed by atoms with Crippen molar-refractivity contribution in [2.75, 3.05) is 13.2 Å². The molecule has 0 amide bonds. The van der Waals surface area contributed by atoms with Crippen LogP contribution in [0.3, 0.4) is 0 Å². The molecule has 1 rings (SSSR count). The van der Waals surface area contributed by atoms with Gasteiger partial charge in [-0.3, -0.25) is 9.59 Å². The number of benzene rings is 1. The van der Waals surface area contributed by atoms with E-state index in [4.69, 9.17) is 9.47 Å². The summed E-state index contributed by atoms with van der Waals surface area (Å²) >= 11 is 3.40. The van der Waals surface area contributed by atoms with Crippen molar-refractivity contribution in [3.05, 3.63) is 33.8 Å². The molecule has 0 radical (unpaired) electrons. The first kappa shape index (κ1) is 15.7. The maximum absolute atomic E-state index is 11.6. The summed E-state index contributed by atoms with van der Waals surface area (Å²) in [4.78, 5) is 23.1. The molecule has 0 atom stereocenters. The summed E-state index contributed by atoms with van der Waals surface area (Å²) in [6.45, 7) is 4.21. The van der Waals surface area contributed by atoms with Crippen LogP contribution in [0.1, 0.15) is 25.0 Å². The molecule has 0 saturated carbocycles. The topological polar surface area (TPSA) is 52.6 Å². The zero-order valence-corrected chi connectivity index (χ0v) is 12.7. The minimum absolute atomic E-state index is 0.143. The van der Waals surface area contributed by atoms with Gasteiger partial charge in [-0.05, 0) is 31.0 Å². The zero-order valence-electron chi connectivity index (χ0n) is 11.1. The molecule has 0 spiro atoms. The van der Waals surface area contributed by atoms with Crippen LogP contribution in [0.25, 0.3) is 0 Å². The van der Waals surface area contributed by atoms with E-state index in [2.05, 4.69) is 15.9 Å². The third kappa shape index (κ3) is 5.03. The van der Waals surface area contributed by atoms with Crippen LogP contribution in [0.5, 0.6) is 0 Å². The molecule has 0 bridgehead atoms. The molecule has 0 fully saturated rings. The lowest BCUT2D eigenvalue weighted by molar-refractivity contribution is -0.143. The third-order valence-electron chi connectivity index (χ3n) is 2.48. The highest BCUT2D eigenvalue weighted by molar-refractivity contribution is 9.10. The molecule has 4 nitrogen and oxygen atoms in total. The molecule has 0 aliphatic carbocycles. The van der Waals surface area contributed by atoms with E-state index in [-0.39, 0.29) is 24.8 Å². The molecule has 0 aliphatic rings. The van der Waals surface area contributed by atoms with Gasteiger partial charge in [-0.25, -0.2) is 0 Å². The smallest absolute Gasteiger partial charge is 0.310 e. The van der Waals surface area contributed by atoms with Crippen LogP contribution in [0, 0.1) is 0 Å². The zero-order chi connectivity index (χ0) is 14.3. The Morgan fingerprint density at radius 2 is 1.63 bits per heavy atom. The Kier molecular flexibility index (Phi) is 6.56. The Labute approximate surface area is 121 Å². The predicted octanol–water partition coefficient (Wildman–Crippen LogP) is 2.66. The standard InChI is InChI=1S/C14H17BrO4/c1-3-18-13(16)8-10-6-5-7-12(15)11(10)9-14(17)19-4-2/h5-7H,3-4,8-9H2,1-2H3. The van der Waals surface area contributed by atoms with E-state index in [9.17, 15) is 9.59 Å². The lowest BCUT2D eigenvalue weighted by atomic mass is 10.0. The highest BCUT2D eigenvalue weighted by atomic mass is 79.9. The number of halogens is 1. The first-order chi connectivity index (χ1) is 9.08. The van der Waals surface area contributed by atoms with E-state index >= 15 is 0 Å². The Balaban J connectivity index is 2.88. The van der Waals surface area contributed by atoms with E-state index in [1.807, 2.05) is 18.2 Å². The lowest BCUT2D eigenvalue weighted by Crippen LogP contribution is -2.13. The van der Waals surface area contributed by atoms with Gasteiger partial charge >= 0.3 is 11.9 Å². The van der Waals surface area contributed by atoms with Gasteiger partial charge in [-0.2, -0.15) is 0 Å². The Hall–Kier alpha value is -1.36. The maximum atomic E-state index is 11.6. The first-order valence-corrected chi connectivity index (χ1v) is 6.95. The average Bonchev–Trinajstić information content (AvgIpc) is 2.34. The van der Waals surface area contributed by atoms with E-state index in [1.54, 1.807) is 13.8 Å². The fourth-order valence-electron chi connectivity index (χ4n) is 1.69. The summed E-state index contributed by atoms with van der Waals surface area (Å²) in [7, 11) is 0. The average molecular weight is 329 g/mol. The highest BCUT2D eigenvalue weighted by Gasteiger charge is 2.15. The quantitative estimate of drug-likeness (QED) is 0.753. The molecule has 19 heavy (non-hydrogen) atoms. The molecule has 0 heterocycles. The van der Waals surface area contributed by atoms with Crippen molar-refractivity contribution in [2.45, 2.75) is 26.7 Å². The third-order valence-corrected chi connectivity index (χ3v) is 3.23.